The molecule has 0 aromatic carbocycles. The van der Waals surface area contributed by atoms with E-state index in [1.54, 1.807) is 6.08 Å². The molecule has 2 atom stereocenters. The molecule has 0 saturated heterocycles. The molecular weight excluding hydrogens is 232 g/mol. The van der Waals surface area contributed by atoms with Crippen molar-refractivity contribution in [2.75, 3.05) is 7.11 Å². The van der Waals surface area contributed by atoms with E-state index in [1.807, 2.05) is 34.6 Å². The fourth-order valence-corrected chi connectivity index (χ4v) is 2.10. The Bertz CT molecular complexity index is 374. The molecule has 0 aromatic rings. The highest BCUT2D eigenvalue weighted by Gasteiger charge is 2.61. The summed E-state index contributed by atoms with van der Waals surface area (Å²) in [6.07, 6.45) is 3.11. The number of allylic oxidation sites excluding steroid dienone is 1. The highest BCUT2D eigenvalue weighted by atomic mass is 16.6. The van der Waals surface area contributed by atoms with Crippen LogP contribution < -0.4 is 0 Å². The van der Waals surface area contributed by atoms with E-state index in [0.717, 1.165) is 0 Å². The van der Waals surface area contributed by atoms with E-state index < -0.39 is 11.6 Å². The number of hydrogen-bond donors (Lipinski definition) is 0. The van der Waals surface area contributed by atoms with E-state index in [-0.39, 0.29) is 23.2 Å². The molecule has 102 valence electrons. The first-order valence-electron chi connectivity index (χ1n) is 6.08. The zero-order valence-electron chi connectivity index (χ0n) is 11.9. The Labute approximate surface area is 108 Å². The molecule has 4 heteroatoms. The summed E-state index contributed by atoms with van der Waals surface area (Å²) in [4.78, 5) is 23.0. The van der Waals surface area contributed by atoms with Crippen LogP contribution >= 0.6 is 0 Å². The number of ether oxygens (including phenoxy) is 2. The van der Waals surface area contributed by atoms with Crippen LogP contribution in [0.4, 0.5) is 0 Å². The third kappa shape index (κ3) is 3.34. The van der Waals surface area contributed by atoms with Gasteiger partial charge in [-0.3, -0.25) is 4.79 Å². The second-order valence-corrected chi connectivity index (χ2v) is 6.24. The Morgan fingerprint density at radius 2 is 1.78 bits per heavy atom. The normalized spacial score (nSPS) is 25.9. The van der Waals surface area contributed by atoms with Gasteiger partial charge in [0.15, 0.2) is 0 Å². The molecule has 0 spiro atoms. The predicted octanol–water partition coefficient (Wildman–Crippen LogP) is 2.33. The molecule has 18 heavy (non-hydrogen) atoms. The van der Waals surface area contributed by atoms with E-state index in [1.165, 1.54) is 13.2 Å². The number of carbonyl (C=O) groups is 2. The zero-order valence-corrected chi connectivity index (χ0v) is 11.9. The standard InChI is InChI=1S/C14H22O4/c1-13(2,3)18-12(16)11-9(14(11,4)5)7-8-10(15)17-6/h7-9,11H,1-6H3. The van der Waals surface area contributed by atoms with Gasteiger partial charge in [-0.25, -0.2) is 4.79 Å². The molecule has 4 nitrogen and oxygen atoms in total. The summed E-state index contributed by atoms with van der Waals surface area (Å²) < 4.78 is 9.90. The summed E-state index contributed by atoms with van der Waals surface area (Å²) in [6, 6.07) is 0. The van der Waals surface area contributed by atoms with Gasteiger partial charge in [0, 0.05) is 6.08 Å². The SMILES string of the molecule is COC(=O)C=CC1C(C(=O)OC(C)(C)C)C1(C)C. The van der Waals surface area contributed by atoms with E-state index in [9.17, 15) is 9.59 Å². The molecular formula is C14H22O4. The molecule has 1 aliphatic carbocycles. The minimum atomic E-state index is -0.480. The number of methoxy groups -OCH3 is 1. The van der Waals surface area contributed by atoms with Gasteiger partial charge in [-0.05, 0) is 32.1 Å². The highest BCUT2D eigenvalue weighted by molar-refractivity contribution is 5.83. The average Bonchev–Trinajstić information content (AvgIpc) is 2.74. The summed E-state index contributed by atoms with van der Waals surface area (Å²) in [5.74, 6) is -0.753. The lowest BCUT2D eigenvalue weighted by atomic mass is 10.1. The number of esters is 2. The maximum Gasteiger partial charge on any atom is 0.330 e. The summed E-state index contributed by atoms with van der Waals surface area (Å²) in [6.45, 7) is 9.53. The predicted molar refractivity (Wildman–Crippen MR) is 67.8 cm³/mol. The Balaban J connectivity index is 2.66. The molecule has 1 saturated carbocycles. The summed E-state index contributed by atoms with van der Waals surface area (Å²) in [5, 5.41) is 0. The van der Waals surface area contributed by atoms with Gasteiger partial charge in [-0.1, -0.05) is 19.9 Å². The minimum Gasteiger partial charge on any atom is -0.466 e. The second-order valence-electron chi connectivity index (χ2n) is 6.24. The summed E-state index contributed by atoms with van der Waals surface area (Å²) >= 11 is 0. The molecule has 0 heterocycles. The third-order valence-electron chi connectivity index (χ3n) is 3.21. The Hall–Kier alpha value is -1.32. The largest absolute Gasteiger partial charge is 0.466 e. The summed E-state index contributed by atoms with van der Waals surface area (Å²) in [5.41, 5.74) is -0.640. The molecule has 2 unspecified atom stereocenters. The number of carbonyl (C=O) groups excluding carboxylic acids is 2. The van der Waals surface area contributed by atoms with Crippen molar-refractivity contribution in [2.45, 2.75) is 40.2 Å². The summed E-state index contributed by atoms with van der Waals surface area (Å²) in [7, 11) is 1.33. The fraction of sp³-hybridized carbons (Fsp3) is 0.714. The van der Waals surface area contributed by atoms with Crippen LogP contribution in [0.25, 0.3) is 0 Å². The topological polar surface area (TPSA) is 52.6 Å². The fourth-order valence-electron chi connectivity index (χ4n) is 2.10. The second kappa shape index (κ2) is 4.75. The van der Waals surface area contributed by atoms with E-state index in [4.69, 9.17) is 4.74 Å². The van der Waals surface area contributed by atoms with Gasteiger partial charge in [0.2, 0.25) is 0 Å². The van der Waals surface area contributed by atoms with Crippen molar-refractivity contribution >= 4 is 11.9 Å². The third-order valence-corrected chi connectivity index (χ3v) is 3.21. The van der Waals surface area contributed by atoms with Gasteiger partial charge in [0.25, 0.3) is 0 Å². The molecule has 1 rings (SSSR count). The van der Waals surface area contributed by atoms with Crippen molar-refractivity contribution < 1.29 is 19.1 Å². The smallest absolute Gasteiger partial charge is 0.330 e. The lowest BCUT2D eigenvalue weighted by Crippen LogP contribution is -2.26. The lowest BCUT2D eigenvalue weighted by molar-refractivity contribution is -0.157. The van der Waals surface area contributed by atoms with Gasteiger partial charge < -0.3 is 9.47 Å². The van der Waals surface area contributed by atoms with Crippen LogP contribution in [-0.2, 0) is 19.1 Å². The molecule has 0 N–H and O–H groups in total. The van der Waals surface area contributed by atoms with Crippen LogP contribution in [0, 0.1) is 17.3 Å². The van der Waals surface area contributed by atoms with E-state index >= 15 is 0 Å². The van der Waals surface area contributed by atoms with Crippen LogP contribution in [0.5, 0.6) is 0 Å². The van der Waals surface area contributed by atoms with Gasteiger partial charge >= 0.3 is 11.9 Å². The molecule has 0 bridgehead atoms. The van der Waals surface area contributed by atoms with Crippen molar-refractivity contribution in [1.82, 2.24) is 0 Å². The first-order chi connectivity index (χ1) is 8.09. The molecule has 0 aromatic heterocycles. The monoisotopic (exact) mass is 254 g/mol. The van der Waals surface area contributed by atoms with Gasteiger partial charge in [0.1, 0.15) is 5.60 Å². The number of hydrogen-bond acceptors (Lipinski definition) is 4. The van der Waals surface area contributed by atoms with Crippen LogP contribution in [-0.4, -0.2) is 24.6 Å². The van der Waals surface area contributed by atoms with Crippen LogP contribution in [0.3, 0.4) is 0 Å². The van der Waals surface area contributed by atoms with Gasteiger partial charge in [0.05, 0.1) is 13.0 Å². The van der Waals surface area contributed by atoms with E-state index in [0.29, 0.717) is 0 Å². The maximum atomic E-state index is 12.0. The average molecular weight is 254 g/mol. The number of rotatable bonds is 3. The maximum absolute atomic E-state index is 12.0. The van der Waals surface area contributed by atoms with Crippen molar-refractivity contribution in [3.63, 3.8) is 0 Å². The van der Waals surface area contributed by atoms with Gasteiger partial charge in [-0.2, -0.15) is 0 Å². The van der Waals surface area contributed by atoms with Crippen LogP contribution in [0.15, 0.2) is 12.2 Å². The molecule has 0 aliphatic heterocycles. The van der Waals surface area contributed by atoms with Crippen molar-refractivity contribution in [2.24, 2.45) is 17.3 Å². The molecule has 0 radical (unpaired) electrons. The highest BCUT2D eigenvalue weighted by Crippen LogP contribution is 2.59. The molecule has 0 amide bonds. The van der Waals surface area contributed by atoms with Crippen molar-refractivity contribution in [3.8, 4) is 0 Å². The zero-order chi connectivity index (χ0) is 14.1. The van der Waals surface area contributed by atoms with E-state index in [2.05, 4.69) is 4.74 Å². The van der Waals surface area contributed by atoms with Crippen LogP contribution in [0.1, 0.15) is 34.6 Å². The quantitative estimate of drug-likeness (QED) is 0.573. The Morgan fingerprint density at radius 3 is 2.22 bits per heavy atom. The first-order valence-corrected chi connectivity index (χ1v) is 6.08. The minimum absolute atomic E-state index is 0.0337. The van der Waals surface area contributed by atoms with Crippen molar-refractivity contribution in [3.05, 3.63) is 12.2 Å². The molecule has 1 fully saturated rings. The molecule has 1 aliphatic rings. The Kier molecular flexibility index (Phi) is 3.89. The first kappa shape index (κ1) is 14.7. The lowest BCUT2D eigenvalue weighted by Gasteiger charge is -2.19. The van der Waals surface area contributed by atoms with Gasteiger partial charge in [-0.15, -0.1) is 0 Å². The van der Waals surface area contributed by atoms with Crippen LogP contribution in [0.2, 0.25) is 0 Å². The Morgan fingerprint density at radius 1 is 1.22 bits per heavy atom. The van der Waals surface area contributed by atoms with Crippen molar-refractivity contribution in [1.29, 1.82) is 0 Å².